The van der Waals surface area contributed by atoms with Crippen LogP contribution in [0.15, 0.2) is 36.4 Å². The number of rotatable bonds is 0. The minimum Gasteiger partial charge on any atom is -0.0839 e. The zero-order chi connectivity index (χ0) is 11.3. The monoisotopic (exact) mass is 210 g/mol. The van der Waals surface area contributed by atoms with Gasteiger partial charge in [-0.3, -0.25) is 0 Å². The molecule has 0 amide bonds. The molecular formula is C16H18. The molecule has 0 aromatic heterocycles. The van der Waals surface area contributed by atoms with Crippen molar-refractivity contribution in [2.24, 2.45) is 5.92 Å². The molecule has 0 saturated carbocycles. The lowest BCUT2D eigenvalue weighted by Crippen LogP contribution is -2.24. The van der Waals surface area contributed by atoms with Gasteiger partial charge in [-0.15, -0.1) is 0 Å². The lowest BCUT2D eigenvalue weighted by Gasteiger charge is -2.30. The van der Waals surface area contributed by atoms with Gasteiger partial charge in [0, 0.05) is 0 Å². The molecule has 0 N–H and O–H groups in total. The Hall–Kier alpha value is -1.30. The summed E-state index contributed by atoms with van der Waals surface area (Å²) in [6.45, 7) is 7.03. The number of hydrogen-bond acceptors (Lipinski definition) is 0. The molecular weight excluding hydrogens is 192 g/mol. The van der Waals surface area contributed by atoms with E-state index in [-0.39, 0.29) is 5.41 Å². The molecule has 0 saturated heterocycles. The van der Waals surface area contributed by atoms with Crippen molar-refractivity contribution in [3.8, 4) is 0 Å². The second-order valence-corrected chi connectivity index (χ2v) is 5.56. The fourth-order valence-corrected chi connectivity index (χ4v) is 3.53. The minimum atomic E-state index is 0.289. The highest BCUT2D eigenvalue weighted by atomic mass is 14.5. The highest BCUT2D eigenvalue weighted by Gasteiger charge is 2.43. The van der Waals surface area contributed by atoms with Gasteiger partial charge in [-0.2, -0.15) is 0 Å². The number of hydrogen-bond donors (Lipinski definition) is 0. The van der Waals surface area contributed by atoms with Crippen LogP contribution in [0.4, 0.5) is 0 Å². The maximum absolute atomic E-state index is 2.39. The minimum absolute atomic E-state index is 0.289. The molecule has 1 aromatic rings. The van der Waals surface area contributed by atoms with Crippen molar-refractivity contribution in [1.82, 2.24) is 0 Å². The highest BCUT2D eigenvalue weighted by molar-refractivity contribution is 5.80. The van der Waals surface area contributed by atoms with Crippen LogP contribution < -0.4 is 0 Å². The van der Waals surface area contributed by atoms with Crippen LogP contribution in [-0.4, -0.2) is 0 Å². The molecule has 3 rings (SSSR count). The van der Waals surface area contributed by atoms with E-state index < -0.39 is 0 Å². The van der Waals surface area contributed by atoms with Crippen molar-refractivity contribution in [2.75, 3.05) is 0 Å². The second-order valence-electron chi connectivity index (χ2n) is 5.56. The average molecular weight is 210 g/mol. The molecule has 1 aromatic carbocycles. The van der Waals surface area contributed by atoms with E-state index in [0.29, 0.717) is 5.92 Å². The van der Waals surface area contributed by atoms with Crippen LogP contribution in [0.1, 0.15) is 37.0 Å². The second kappa shape index (κ2) is 3.10. The standard InChI is InChI=1S/C16H18/c1-11-7-6-9-13-12-8-4-5-10-14(12)16(2,3)15(11)13/h4-9,14H,10H2,1-3H3. The van der Waals surface area contributed by atoms with Gasteiger partial charge in [0.25, 0.3) is 0 Å². The molecule has 0 heteroatoms. The van der Waals surface area contributed by atoms with E-state index in [1.165, 1.54) is 17.5 Å². The summed E-state index contributed by atoms with van der Waals surface area (Å²) < 4.78 is 0. The van der Waals surface area contributed by atoms with Crippen LogP contribution in [0.25, 0.3) is 5.57 Å². The lowest BCUT2D eigenvalue weighted by molar-refractivity contribution is 0.413. The van der Waals surface area contributed by atoms with E-state index in [0.717, 1.165) is 0 Å². The molecule has 0 spiro atoms. The van der Waals surface area contributed by atoms with Gasteiger partial charge in [-0.25, -0.2) is 0 Å². The molecule has 0 fully saturated rings. The summed E-state index contributed by atoms with van der Waals surface area (Å²) in [5.41, 5.74) is 6.33. The molecule has 16 heavy (non-hydrogen) atoms. The Morgan fingerprint density at radius 1 is 1.25 bits per heavy atom. The molecule has 1 atom stereocenters. The summed E-state index contributed by atoms with van der Waals surface area (Å²) in [5.74, 6) is 0.675. The number of allylic oxidation sites excluding steroid dienone is 4. The van der Waals surface area contributed by atoms with Crippen LogP contribution in [0, 0.1) is 12.8 Å². The molecule has 0 heterocycles. The number of aryl methyl sites for hydroxylation is 1. The van der Waals surface area contributed by atoms with Gasteiger partial charge in [0.2, 0.25) is 0 Å². The van der Waals surface area contributed by atoms with Gasteiger partial charge in [-0.1, -0.05) is 50.3 Å². The molecule has 0 nitrogen and oxygen atoms in total. The molecule has 0 radical (unpaired) electrons. The maximum atomic E-state index is 2.39. The van der Waals surface area contributed by atoms with E-state index >= 15 is 0 Å². The summed E-state index contributed by atoms with van der Waals surface area (Å²) in [6.07, 6.45) is 8.00. The SMILES string of the molecule is Cc1cccc2c1C(C)(C)C1CC=CC=C21. The number of benzene rings is 1. The first kappa shape index (κ1) is 9.89. The summed E-state index contributed by atoms with van der Waals surface area (Å²) in [4.78, 5) is 0. The molecule has 0 bridgehead atoms. The summed E-state index contributed by atoms with van der Waals surface area (Å²) >= 11 is 0. The van der Waals surface area contributed by atoms with E-state index in [1.807, 2.05) is 0 Å². The predicted molar refractivity (Wildman–Crippen MR) is 69.4 cm³/mol. The third-order valence-corrected chi connectivity index (χ3v) is 4.26. The third-order valence-electron chi connectivity index (χ3n) is 4.26. The van der Waals surface area contributed by atoms with Crippen molar-refractivity contribution in [1.29, 1.82) is 0 Å². The normalized spacial score (nSPS) is 24.9. The van der Waals surface area contributed by atoms with Crippen molar-refractivity contribution in [3.63, 3.8) is 0 Å². The van der Waals surface area contributed by atoms with Gasteiger partial charge in [-0.05, 0) is 46.9 Å². The Bertz CT molecular complexity index is 501. The first-order valence-corrected chi connectivity index (χ1v) is 6.09. The third kappa shape index (κ3) is 1.10. The van der Waals surface area contributed by atoms with Gasteiger partial charge in [0.15, 0.2) is 0 Å². The van der Waals surface area contributed by atoms with Crippen LogP contribution in [-0.2, 0) is 5.41 Å². The summed E-state index contributed by atoms with van der Waals surface area (Å²) in [5, 5.41) is 0. The van der Waals surface area contributed by atoms with Crippen molar-refractivity contribution < 1.29 is 0 Å². The summed E-state index contributed by atoms with van der Waals surface area (Å²) in [6, 6.07) is 6.72. The Morgan fingerprint density at radius 3 is 2.88 bits per heavy atom. The lowest BCUT2D eigenvalue weighted by atomic mass is 9.74. The highest BCUT2D eigenvalue weighted by Crippen LogP contribution is 2.53. The first-order chi connectivity index (χ1) is 7.62. The molecule has 2 aliphatic carbocycles. The van der Waals surface area contributed by atoms with Crippen molar-refractivity contribution in [3.05, 3.63) is 53.1 Å². The van der Waals surface area contributed by atoms with E-state index in [2.05, 4.69) is 57.2 Å². The van der Waals surface area contributed by atoms with Gasteiger partial charge in [0.1, 0.15) is 0 Å². The van der Waals surface area contributed by atoms with Crippen LogP contribution in [0.5, 0.6) is 0 Å². The molecule has 0 aliphatic heterocycles. The topological polar surface area (TPSA) is 0 Å². The largest absolute Gasteiger partial charge is 0.0839 e. The molecule has 82 valence electrons. The fourth-order valence-electron chi connectivity index (χ4n) is 3.53. The Morgan fingerprint density at radius 2 is 2.06 bits per heavy atom. The van der Waals surface area contributed by atoms with E-state index in [4.69, 9.17) is 0 Å². The Balaban J connectivity index is 2.32. The zero-order valence-electron chi connectivity index (χ0n) is 10.2. The van der Waals surface area contributed by atoms with Crippen LogP contribution in [0.2, 0.25) is 0 Å². The fraction of sp³-hybridized carbons (Fsp3) is 0.375. The van der Waals surface area contributed by atoms with Gasteiger partial charge >= 0.3 is 0 Å². The van der Waals surface area contributed by atoms with Crippen molar-refractivity contribution in [2.45, 2.75) is 32.6 Å². The predicted octanol–water partition coefficient (Wildman–Crippen LogP) is 4.25. The van der Waals surface area contributed by atoms with E-state index in [1.54, 1.807) is 11.1 Å². The van der Waals surface area contributed by atoms with Crippen molar-refractivity contribution >= 4 is 5.57 Å². The number of fused-ring (bicyclic) bond motifs is 3. The van der Waals surface area contributed by atoms with Crippen LogP contribution in [0.3, 0.4) is 0 Å². The Labute approximate surface area is 97.7 Å². The maximum Gasteiger partial charge on any atom is -0.00231 e. The van der Waals surface area contributed by atoms with Crippen LogP contribution >= 0.6 is 0 Å². The summed E-state index contributed by atoms with van der Waals surface area (Å²) in [7, 11) is 0. The molecule has 1 unspecified atom stereocenters. The average Bonchev–Trinajstić information content (AvgIpc) is 2.50. The smallest absolute Gasteiger partial charge is 0.00231 e. The first-order valence-electron chi connectivity index (χ1n) is 6.09. The zero-order valence-corrected chi connectivity index (χ0v) is 10.2. The molecule has 2 aliphatic rings. The van der Waals surface area contributed by atoms with E-state index in [9.17, 15) is 0 Å². The van der Waals surface area contributed by atoms with Gasteiger partial charge in [0.05, 0.1) is 0 Å². The quantitative estimate of drug-likeness (QED) is 0.600. The Kier molecular flexibility index (Phi) is 1.92. The van der Waals surface area contributed by atoms with Gasteiger partial charge < -0.3 is 0 Å².